The second-order valence-corrected chi connectivity index (χ2v) is 6.65. The lowest BCUT2D eigenvalue weighted by Gasteiger charge is -2.08. The first-order valence-corrected chi connectivity index (χ1v) is 10.1. The Morgan fingerprint density at radius 2 is 1.40 bits per heavy atom. The smallest absolute Gasteiger partial charge is 0.256 e. The number of halogens is 2. The standard InChI is InChI=1S/C11H8N2O2S.C6H3FN2S.C5H5FN2.CH4/c14-9-5-1-3-7-12(9)11(16)13-8-4-2-6-10(13)15;7-5-1-6(9-4-10)3-8-2-5;6-4-1-5(7)3-8-2-4;/h1-8H;1-3H;1-3H,7H2;1H4. The minimum atomic E-state index is -0.425. The van der Waals surface area contributed by atoms with Crippen LogP contribution >= 0.6 is 24.4 Å². The number of aromatic nitrogens is 4. The number of nitrogen functional groups attached to an aromatic ring is 1. The van der Waals surface area contributed by atoms with Crippen LogP contribution in [0, 0.1) is 11.6 Å². The Morgan fingerprint density at radius 1 is 0.886 bits per heavy atom. The first-order valence-electron chi connectivity index (χ1n) is 9.26. The maximum absolute atomic E-state index is 12.3. The van der Waals surface area contributed by atoms with E-state index in [1.165, 1.54) is 58.2 Å². The minimum absolute atomic E-state index is 0. The average molecular weight is 515 g/mol. The number of aliphatic imine (C=N–C) groups is 1. The lowest BCUT2D eigenvalue weighted by Crippen LogP contribution is -2.35. The minimum Gasteiger partial charge on any atom is -0.397 e. The summed E-state index contributed by atoms with van der Waals surface area (Å²) < 4.78 is 26.8. The third-order valence-electron chi connectivity index (χ3n) is 3.65. The van der Waals surface area contributed by atoms with E-state index < -0.39 is 11.6 Å². The van der Waals surface area contributed by atoms with Crippen molar-refractivity contribution >= 4 is 46.1 Å². The van der Waals surface area contributed by atoms with Gasteiger partial charge < -0.3 is 5.73 Å². The number of rotatable bonds is 1. The normalized spacial score (nSPS) is 9.09. The van der Waals surface area contributed by atoms with E-state index in [4.69, 9.17) is 18.0 Å². The van der Waals surface area contributed by atoms with Crippen LogP contribution < -0.4 is 16.9 Å². The van der Waals surface area contributed by atoms with Crippen LogP contribution in [-0.4, -0.2) is 29.4 Å². The summed E-state index contributed by atoms with van der Waals surface area (Å²) >= 11 is 9.40. The van der Waals surface area contributed by atoms with Gasteiger partial charge in [-0.2, -0.15) is 4.99 Å². The molecule has 0 saturated heterocycles. The van der Waals surface area contributed by atoms with Gasteiger partial charge in [0.1, 0.15) is 11.6 Å². The molecule has 0 aliphatic heterocycles. The highest BCUT2D eigenvalue weighted by molar-refractivity contribution is 7.80. The van der Waals surface area contributed by atoms with Gasteiger partial charge in [0, 0.05) is 36.8 Å². The lowest BCUT2D eigenvalue weighted by atomic mass is 10.4. The number of nitrogens with two attached hydrogens (primary N) is 1. The van der Waals surface area contributed by atoms with E-state index in [9.17, 15) is 18.4 Å². The molecule has 4 aromatic heterocycles. The zero-order valence-electron chi connectivity index (χ0n) is 17.3. The number of nitrogens with zero attached hydrogens (tertiary/aromatic N) is 5. The molecule has 2 N–H and O–H groups in total. The first kappa shape index (κ1) is 28.8. The van der Waals surface area contributed by atoms with Gasteiger partial charge >= 0.3 is 0 Å². The van der Waals surface area contributed by atoms with E-state index in [1.807, 2.05) is 0 Å². The molecule has 0 fully saturated rings. The van der Waals surface area contributed by atoms with Crippen LogP contribution in [0.5, 0.6) is 0 Å². The van der Waals surface area contributed by atoms with Crippen molar-refractivity contribution in [2.45, 2.75) is 7.43 Å². The van der Waals surface area contributed by atoms with Crippen LogP contribution in [0.3, 0.4) is 0 Å². The molecule has 180 valence electrons. The van der Waals surface area contributed by atoms with E-state index in [2.05, 4.69) is 32.3 Å². The summed E-state index contributed by atoms with van der Waals surface area (Å²) in [7, 11) is 0. The molecule has 0 spiro atoms. The monoisotopic (exact) mass is 514 g/mol. The quantitative estimate of drug-likeness (QED) is 0.301. The van der Waals surface area contributed by atoms with Gasteiger partial charge in [-0.05, 0) is 42.6 Å². The molecule has 0 atom stereocenters. The van der Waals surface area contributed by atoms with Gasteiger partial charge in [0.25, 0.3) is 11.1 Å². The van der Waals surface area contributed by atoms with Crippen LogP contribution in [0.15, 0.2) is 100 Å². The van der Waals surface area contributed by atoms with Crippen molar-refractivity contribution in [3.8, 4) is 0 Å². The Bertz CT molecular complexity index is 1360. The third kappa shape index (κ3) is 9.64. The largest absolute Gasteiger partial charge is 0.397 e. The van der Waals surface area contributed by atoms with Gasteiger partial charge in [-0.15, -0.1) is 0 Å². The number of pyridine rings is 4. The lowest BCUT2D eigenvalue weighted by molar-refractivity contribution is 0.621. The van der Waals surface area contributed by atoms with Crippen LogP contribution in [0.2, 0.25) is 0 Å². The summed E-state index contributed by atoms with van der Waals surface area (Å²) in [5.41, 5.74) is 5.37. The SMILES string of the molecule is C.Fc1cncc(N=C=S)c1.Nc1cncc(F)c1.O=c1ccccn1C(=S)n1ccccc1=O. The molecular formula is C23H20F2N6O2S2. The molecule has 4 heterocycles. The molecule has 0 aromatic carbocycles. The number of hydrogen-bond acceptors (Lipinski definition) is 8. The number of thiocarbonyl (C=S) groups is 2. The zero-order chi connectivity index (χ0) is 24.9. The molecule has 0 unspecified atom stereocenters. The van der Waals surface area contributed by atoms with Crippen molar-refractivity contribution in [2.24, 2.45) is 4.99 Å². The Labute approximate surface area is 210 Å². The summed E-state index contributed by atoms with van der Waals surface area (Å²) in [5, 5.41) is 2.26. The van der Waals surface area contributed by atoms with Crippen LogP contribution in [-0.2, 0) is 0 Å². The molecule has 0 saturated carbocycles. The Hall–Kier alpha value is -4.25. The number of hydrogen-bond donors (Lipinski definition) is 1. The number of anilines is 1. The second-order valence-electron chi connectivity index (χ2n) is 6.10. The Balaban J connectivity index is 0.000000278. The molecule has 0 amide bonds. The predicted octanol–water partition coefficient (Wildman–Crippen LogP) is 4.09. The van der Waals surface area contributed by atoms with Crippen molar-refractivity contribution in [3.63, 3.8) is 0 Å². The predicted molar refractivity (Wildman–Crippen MR) is 139 cm³/mol. The summed E-state index contributed by atoms with van der Waals surface area (Å²) in [6, 6.07) is 11.8. The van der Waals surface area contributed by atoms with Gasteiger partial charge in [-0.3, -0.25) is 28.7 Å². The molecule has 35 heavy (non-hydrogen) atoms. The molecule has 8 nitrogen and oxygen atoms in total. The fraction of sp³-hybridized carbons (Fsp3) is 0.0435. The highest BCUT2D eigenvalue weighted by atomic mass is 32.1. The van der Waals surface area contributed by atoms with Gasteiger partial charge in [-0.1, -0.05) is 19.6 Å². The average Bonchev–Trinajstić information content (AvgIpc) is 2.80. The molecule has 0 radical (unpaired) electrons. The van der Waals surface area contributed by atoms with Crippen LogP contribution in [0.1, 0.15) is 7.43 Å². The molecule has 12 heteroatoms. The summed E-state index contributed by atoms with van der Waals surface area (Å²) in [6.07, 6.45) is 8.07. The molecule has 0 aliphatic rings. The Kier molecular flexibility index (Phi) is 12.2. The van der Waals surface area contributed by atoms with Gasteiger partial charge in [0.05, 0.1) is 35.1 Å². The highest BCUT2D eigenvalue weighted by Gasteiger charge is 2.04. The fourth-order valence-electron chi connectivity index (χ4n) is 2.23. The second kappa shape index (κ2) is 14.8. The topological polar surface area (TPSA) is 108 Å². The van der Waals surface area contributed by atoms with Crippen molar-refractivity contribution in [1.82, 2.24) is 19.1 Å². The van der Waals surface area contributed by atoms with Crippen molar-refractivity contribution in [1.29, 1.82) is 0 Å². The molecule has 0 bridgehead atoms. The summed E-state index contributed by atoms with van der Waals surface area (Å²) in [5.74, 6) is -0.823. The molecular weight excluding hydrogens is 494 g/mol. The van der Waals surface area contributed by atoms with Crippen LogP contribution in [0.25, 0.3) is 0 Å². The van der Waals surface area contributed by atoms with E-state index in [-0.39, 0.29) is 23.7 Å². The number of isothiocyanates is 1. The van der Waals surface area contributed by atoms with Crippen molar-refractivity contribution in [3.05, 3.63) is 118 Å². The van der Waals surface area contributed by atoms with Gasteiger partial charge in [0.15, 0.2) is 5.11 Å². The first-order chi connectivity index (χ1) is 16.3. The maximum atomic E-state index is 12.3. The maximum Gasteiger partial charge on any atom is 0.256 e. The zero-order valence-corrected chi connectivity index (χ0v) is 18.9. The third-order valence-corrected chi connectivity index (χ3v) is 4.13. The summed E-state index contributed by atoms with van der Waals surface area (Å²) in [6.45, 7) is 0. The summed E-state index contributed by atoms with van der Waals surface area (Å²) in [4.78, 5) is 33.6. The van der Waals surface area contributed by atoms with E-state index in [1.54, 1.807) is 24.3 Å². The van der Waals surface area contributed by atoms with Crippen molar-refractivity contribution < 1.29 is 8.78 Å². The van der Waals surface area contributed by atoms with E-state index in [0.29, 0.717) is 11.4 Å². The highest BCUT2D eigenvalue weighted by Crippen LogP contribution is 2.09. The van der Waals surface area contributed by atoms with Gasteiger partial charge in [-0.25, -0.2) is 8.78 Å². The van der Waals surface area contributed by atoms with Crippen LogP contribution in [0.4, 0.5) is 20.2 Å². The fourth-order valence-corrected chi connectivity index (χ4v) is 2.64. The van der Waals surface area contributed by atoms with Crippen molar-refractivity contribution in [2.75, 3.05) is 5.73 Å². The molecule has 4 rings (SSSR count). The Morgan fingerprint density at radius 3 is 1.80 bits per heavy atom. The van der Waals surface area contributed by atoms with Gasteiger partial charge in [0.2, 0.25) is 0 Å². The van der Waals surface area contributed by atoms with E-state index >= 15 is 0 Å². The molecule has 0 aliphatic carbocycles. The molecule has 4 aromatic rings. The van der Waals surface area contributed by atoms with E-state index in [0.717, 1.165) is 12.4 Å².